The van der Waals surface area contributed by atoms with Gasteiger partial charge in [0.05, 0.1) is 22.0 Å². The fraction of sp³-hybridized carbons (Fsp3) is 0.300. The third kappa shape index (κ3) is 1.33. The van der Waals surface area contributed by atoms with Crippen molar-refractivity contribution in [1.82, 2.24) is 0 Å². The number of nitrogens with zero attached hydrogens (tertiary/aromatic N) is 2. The topological polar surface area (TPSA) is 66.9 Å². The van der Waals surface area contributed by atoms with Gasteiger partial charge in [-0.2, -0.15) is 9.65 Å². The van der Waals surface area contributed by atoms with Crippen LogP contribution in [0.2, 0.25) is 0 Å². The average molecular weight is 224 g/mol. The quantitative estimate of drug-likeness (QED) is 0.572. The summed E-state index contributed by atoms with van der Waals surface area (Å²) in [7, 11) is 0. The number of nitro groups is 1. The van der Waals surface area contributed by atoms with E-state index in [1.54, 1.807) is 0 Å². The summed E-state index contributed by atoms with van der Waals surface area (Å²) in [5.74, 6) is -2.13. The van der Waals surface area contributed by atoms with E-state index in [0.29, 0.717) is 12.8 Å². The fourth-order valence-electron chi connectivity index (χ4n) is 1.66. The summed E-state index contributed by atoms with van der Waals surface area (Å²) in [6, 6.07) is 3.41. The highest BCUT2D eigenvalue weighted by molar-refractivity contribution is 5.47. The minimum atomic E-state index is -1.23. The molecule has 1 aliphatic rings. The lowest BCUT2D eigenvalue weighted by atomic mass is 9.96. The second-order valence-electron chi connectivity index (χ2n) is 3.71. The molecule has 1 aromatic carbocycles. The molecule has 0 heterocycles. The summed E-state index contributed by atoms with van der Waals surface area (Å²) >= 11 is 0. The Labute approximate surface area is 89.3 Å². The van der Waals surface area contributed by atoms with E-state index < -0.39 is 33.2 Å². The maximum Gasteiger partial charge on any atom is 0.305 e. The van der Waals surface area contributed by atoms with Gasteiger partial charge in [0.2, 0.25) is 5.82 Å². The SMILES string of the molecule is N#CC1(c2c(F)ccc([N+](=O)[O-])c2F)CC1. The van der Waals surface area contributed by atoms with Crippen molar-refractivity contribution in [3.63, 3.8) is 0 Å². The normalized spacial score (nSPS) is 16.6. The number of benzene rings is 1. The van der Waals surface area contributed by atoms with Gasteiger partial charge in [0.25, 0.3) is 0 Å². The predicted octanol–water partition coefficient (Wildman–Crippen LogP) is 2.43. The molecule has 82 valence electrons. The van der Waals surface area contributed by atoms with Crippen molar-refractivity contribution >= 4 is 5.69 Å². The van der Waals surface area contributed by atoms with Crippen LogP contribution < -0.4 is 0 Å². The number of hydrogen-bond donors (Lipinski definition) is 0. The molecule has 16 heavy (non-hydrogen) atoms. The molecule has 4 nitrogen and oxygen atoms in total. The summed E-state index contributed by atoms with van der Waals surface area (Å²) < 4.78 is 27.1. The molecule has 0 aliphatic heterocycles. The van der Waals surface area contributed by atoms with Crippen LogP contribution in [0, 0.1) is 33.1 Å². The summed E-state index contributed by atoms with van der Waals surface area (Å²) in [4.78, 5) is 9.56. The van der Waals surface area contributed by atoms with Crippen molar-refractivity contribution < 1.29 is 13.7 Å². The third-order valence-electron chi connectivity index (χ3n) is 2.71. The van der Waals surface area contributed by atoms with Crippen LogP contribution in [0.1, 0.15) is 18.4 Å². The van der Waals surface area contributed by atoms with Gasteiger partial charge in [-0.25, -0.2) is 4.39 Å². The molecule has 1 saturated carbocycles. The largest absolute Gasteiger partial charge is 0.305 e. The van der Waals surface area contributed by atoms with Crippen molar-refractivity contribution in [2.45, 2.75) is 18.3 Å². The van der Waals surface area contributed by atoms with Gasteiger partial charge in [0, 0.05) is 6.07 Å². The van der Waals surface area contributed by atoms with Gasteiger partial charge in [-0.3, -0.25) is 10.1 Å². The van der Waals surface area contributed by atoms with Crippen LogP contribution in [0.15, 0.2) is 12.1 Å². The standard InChI is InChI=1S/C10H6F2N2O2/c11-6-1-2-7(14(15)16)9(12)8(6)10(5-13)3-4-10/h1-2H,3-4H2. The molecule has 0 aromatic heterocycles. The number of halogens is 2. The number of hydrogen-bond acceptors (Lipinski definition) is 3. The molecule has 0 N–H and O–H groups in total. The first kappa shape index (κ1) is 10.5. The molecule has 6 heteroatoms. The van der Waals surface area contributed by atoms with Crippen molar-refractivity contribution in [2.75, 3.05) is 0 Å². The Morgan fingerprint density at radius 1 is 1.44 bits per heavy atom. The Morgan fingerprint density at radius 2 is 2.06 bits per heavy atom. The molecule has 2 rings (SSSR count). The zero-order valence-electron chi connectivity index (χ0n) is 8.04. The summed E-state index contributed by atoms with van der Waals surface area (Å²) in [5.41, 5.74) is -2.47. The molecule has 1 aliphatic carbocycles. The first-order chi connectivity index (χ1) is 7.52. The van der Waals surface area contributed by atoms with Gasteiger partial charge < -0.3 is 0 Å². The lowest BCUT2D eigenvalue weighted by Gasteiger charge is -2.08. The smallest absolute Gasteiger partial charge is 0.258 e. The second-order valence-corrected chi connectivity index (χ2v) is 3.71. The molecule has 0 amide bonds. The van der Waals surface area contributed by atoms with E-state index in [9.17, 15) is 18.9 Å². The third-order valence-corrected chi connectivity index (χ3v) is 2.71. The molecule has 0 saturated heterocycles. The maximum atomic E-state index is 13.7. The highest BCUT2D eigenvalue weighted by Gasteiger charge is 2.50. The van der Waals surface area contributed by atoms with Crippen LogP contribution in [0.5, 0.6) is 0 Å². The maximum absolute atomic E-state index is 13.7. The first-order valence-electron chi connectivity index (χ1n) is 4.56. The van der Waals surface area contributed by atoms with Gasteiger partial charge in [-0.15, -0.1) is 0 Å². The van der Waals surface area contributed by atoms with E-state index in [2.05, 4.69) is 0 Å². The van der Waals surface area contributed by atoms with E-state index in [4.69, 9.17) is 5.26 Å². The highest BCUT2D eigenvalue weighted by atomic mass is 19.1. The number of rotatable bonds is 2. The van der Waals surface area contributed by atoms with Crippen molar-refractivity contribution in [3.05, 3.63) is 39.4 Å². The molecule has 0 bridgehead atoms. The van der Waals surface area contributed by atoms with Crippen LogP contribution >= 0.6 is 0 Å². The van der Waals surface area contributed by atoms with Crippen molar-refractivity contribution in [3.8, 4) is 6.07 Å². The van der Waals surface area contributed by atoms with Crippen LogP contribution in [0.3, 0.4) is 0 Å². The van der Waals surface area contributed by atoms with Crippen LogP contribution in [-0.4, -0.2) is 4.92 Å². The summed E-state index contributed by atoms with van der Waals surface area (Å²) in [5, 5.41) is 19.3. The van der Waals surface area contributed by atoms with E-state index in [1.807, 2.05) is 6.07 Å². The van der Waals surface area contributed by atoms with E-state index >= 15 is 0 Å². The zero-order valence-corrected chi connectivity index (χ0v) is 8.04. The molecule has 0 unspecified atom stereocenters. The van der Waals surface area contributed by atoms with E-state index in [0.717, 1.165) is 12.1 Å². The highest BCUT2D eigenvalue weighted by Crippen LogP contribution is 2.50. The summed E-state index contributed by atoms with van der Waals surface area (Å²) in [6.07, 6.45) is 0.664. The lowest BCUT2D eigenvalue weighted by molar-refractivity contribution is -0.387. The molecule has 0 radical (unpaired) electrons. The van der Waals surface area contributed by atoms with Gasteiger partial charge in [-0.1, -0.05) is 0 Å². The molecular formula is C10H6F2N2O2. The molecule has 0 spiro atoms. The molecule has 0 atom stereocenters. The first-order valence-corrected chi connectivity index (χ1v) is 4.56. The van der Waals surface area contributed by atoms with Gasteiger partial charge in [-0.05, 0) is 18.9 Å². The van der Waals surface area contributed by atoms with Gasteiger partial charge >= 0.3 is 5.69 Å². The zero-order chi connectivity index (χ0) is 11.9. The number of nitro benzene ring substituents is 1. The molecule has 1 fully saturated rings. The van der Waals surface area contributed by atoms with Crippen molar-refractivity contribution in [2.24, 2.45) is 0 Å². The lowest BCUT2D eigenvalue weighted by Crippen LogP contribution is -2.11. The van der Waals surface area contributed by atoms with Crippen LogP contribution in [-0.2, 0) is 5.41 Å². The Morgan fingerprint density at radius 3 is 2.50 bits per heavy atom. The van der Waals surface area contributed by atoms with E-state index in [-0.39, 0.29) is 0 Å². The van der Waals surface area contributed by atoms with Crippen LogP contribution in [0.25, 0.3) is 0 Å². The molecular weight excluding hydrogens is 218 g/mol. The van der Waals surface area contributed by atoms with Crippen LogP contribution in [0.4, 0.5) is 14.5 Å². The minimum Gasteiger partial charge on any atom is -0.258 e. The Balaban J connectivity index is 2.66. The minimum absolute atomic E-state index is 0.332. The predicted molar refractivity (Wildman–Crippen MR) is 49.5 cm³/mol. The Bertz CT molecular complexity index is 518. The van der Waals surface area contributed by atoms with Crippen molar-refractivity contribution in [1.29, 1.82) is 5.26 Å². The Hall–Kier alpha value is -2.03. The second kappa shape index (κ2) is 3.23. The average Bonchev–Trinajstić information content (AvgIpc) is 2.98. The summed E-state index contributed by atoms with van der Waals surface area (Å²) in [6.45, 7) is 0. The monoisotopic (exact) mass is 224 g/mol. The van der Waals surface area contributed by atoms with Gasteiger partial charge in [0.1, 0.15) is 5.82 Å². The Kier molecular flexibility index (Phi) is 2.12. The number of nitriles is 1. The molecule has 1 aromatic rings. The fourth-order valence-corrected chi connectivity index (χ4v) is 1.66. The van der Waals surface area contributed by atoms with Gasteiger partial charge in [0.15, 0.2) is 0 Å². The van der Waals surface area contributed by atoms with E-state index in [1.165, 1.54) is 0 Å².